The van der Waals surface area contributed by atoms with E-state index in [0.717, 1.165) is 12.1 Å². The molecule has 0 radical (unpaired) electrons. The first-order valence-electron chi connectivity index (χ1n) is 7.26. The summed E-state index contributed by atoms with van der Waals surface area (Å²) in [7, 11) is 0. The number of carbonyl (C=O) groups excluding carboxylic acids is 1. The zero-order valence-corrected chi connectivity index (χ0v) is 12.3. The highest BCUT2D eigenvalue weighted by Gasteiger charge is 2.31. The molecule has 2 amide bonds. The van der Waals surface area contributed by atoms with Gasteiger partial charge in [-0.2, -0.15) is 0 Å². The number of hydrogen-bond acceptors (Lipinski definition) is 3. The zero-order chi connectivity index (χ0) is 16.1. The van der Waals surface area contributed by atoms with E-state index in [9.17, 15) is 13.6 Å². The van der Waals surface area contributed by atoms with Gasteiger partial charge < -0.3 is 20.5 Å². The zero-order valence-electron chi connectivity index (χ0n) is 12.3. The summed E-state index contributed by atoms with van der Waals surface area (Å²) in [6.07, 6.45) is 0.0666. The molecule has 7 heteroatoms. The third-order valence-corrected chi connectivity index (χ3v) is 3.53. The van der Waals surface area contributed by atoms with Crippen molar-refractivity contribution < 1.29 is 23.4 Å². The van der Waals surface area contributed by atoms with Crippen LogP contribution in [0.2, 0.25) is 0 Å². The number of nitrogens with one attached hydrogen (secondary N) is 2. The molecule has 0 aliphatic carbocycles. The molecule has 1 aromatic rings. The van der Waals surface area contributed by atoms with E-state index in [1.54, 1.807) is 6.92 Å². The Hall–Kier alpha value is -1.73. The molecule has 22 heavy (non-hydrogen) atoms. The van der Waals surface area contributed by atoms with Gasteiger partial charge in [0, 0.05) is 13.2 Å². The summed E-state index contributed by atoms with van der Waals surface area (Å²) in [6.45, 7) is 2.43. The average molecular weight is 314 g/mol. The van der Waals surface area contributed by atoms with Crippen molar-refractivity contribution in [3.8, 4) is 0 Å². The Bertz CT molecular complexity index is 526. The molecule has 0 bridgehead atoms. The molecule has 1 saturated heterocycles. The van der Waals surface area contributed by atoms with Gasteiger partial charge in [0.1, 0.15) is 6.10 Å². The van der Waals surface area contributed by atoms with Crippen molar-refractivity contribution in [1.82, 2.24) is 10.6 Å². The molecular weight excluding hydrogens is 294 g/mol. The molecule has 2 rings (SSSR count). The topological polar surface area (TPSA) is 70.6 Å². The summed E-state index contributed by atoms with van der Waals surface area (Å²) in [5.41, 5.74) is 0.491. The highest BCUT2D eigenvalue weighted by molar-refractivity contribution is 5.74. The Morgan fingerprint density at radius 2 is 2.23 bits per heavy atom. The summed E-state index contributed by atoms with van der Waals surface area (Å²) in [5.74, 6) is -1.85. The van der Waals surface area contributed by atoms with Crippen LogP contribution in [0.1, 0.15) is 31.4 Å². The Morgan fingerprint density at radius 1 is 1.45 bits per heavy atom. The van der Waals surface area contributed by atoms with Gasteiger partial charge in [0.15, 0.2) is 11.6 Å². The molecule has 1 aliphatic heterocycles. The van der Waals surface area contributed by atoms with Gasteiger partial charge in [0.05, 0.1) is 12.1 Å². The lowest BCUT2D eigenvalue weighted by molar-refractivity contribution is 0.0995. The maximum atomic E-state index is 13.3. The summed E-state index contributed by atoms with van der Waals surface area (Å²) in [6, 6.07) is 2.91. The van der Waals surface area contributed by atoms with E-state index in [-0.39, 0.29) is 12.1 Å². The van der Waals surface area contributed by atoms with Gasteiger partial charge in [0.2, 0.25) is 0 Å². The van der Waals surface area contributed by atoms with Crippen molar-refractivity contribution >= 4 is 6.03 Å². The van der Waals surface area contributed by atoms with E-state index in [4.69, 9.17) is 9.84 Å². The number of hydrogen-bond donors (Lipinski definition) is 3. The predicted octanol–water partition coefficient (Wildman–Crippen LogP) is 1.86. The van der Waals surface area contributed by atoms with Crippen molar-refractivity contribution in [2.75, 3.05) is 13.2 Å². The minimum atomic E-state index is -0.937. The van der Waals surface area contributed by atoms with Gasteiger partial charge in [-0.1, -0.05) is 6.07 Å². The maximum absolute atomic E-state index is 13.3. The fourth-order valence-electron chi connectivity index (χ4n) is 2.37. The molecule has 0 saturated carbocycles. The molecule has 0 unspecified atom stereocenters. The first-order valence-corrected chi connectivity index (χ1v) is 7.26. The molecule has 1 aliphatic rings. The summed E-state index contributed by atoms with van der Waals surface area (Å²) in [4.78, 5) is 11.8. The molecule has 122 valence electrons. The van der Waals surface area contributed by atoms with E-state index in [1.165, 1.54) is 6.07 Å². The van der Waals surface area contributed by atoms with E-state index >= 15 is 0 Å². The second-order valence-corrected chi connectivity index (χ2v) is 5.40. The third-order valence-electron chi connectivity index (χ3n) is 3.53. The van der Waals surface area contributed by atoms with E-state index in [0.29, 0.717) is 31.6 Å². The second kappa shape index (κ2) is 7.51. The quantitative estimate of drug-likeness (QED) is 0.777. The number of carbonyl (C=O) groups is 1. The highest BCUT2D eigenvalue weighted by Crippen LogP contribution is 2.29. The van der Waals surface area contributed by atoms with Crippen LogP contribution in [0.15, 0.2) is 18.2 Å². The van der Waals surface area contributed by atoms with Crippen molar-refractivity contribution in [2.24, 2.45) is 0 Å². The SMILES string of the molecule is C[C@H](O)CCNC(=O)N[C@H]1CCO[C@H]1c1ccc(F)c(F)c1. The van der Waals surface area contributed by atoms with E-state index in [1.807, 2.05) is 0 Å². The van der Waals surface area contributed by atoms with Crippen LogP contribution in [0.4, 0.5) is 13.6 Å². The van der Waals surface area contributed by atoms with Gasteiger partial charge in [-0.05, 0) is 37.5 Å². The molecule has 1 heterocycles. The van der Waals surface area contributed by atoms with Crippen LogP contribution in [0.25, 0.3) is 0 Å². The summed E-state index contributed by atoms with van der Waals surface area (Å²) >= 11 is 0. The van der Waals surface area contributed by atoms with Gasteiger partial charge in [-0.15, -0.1) is 0 Å². The fourth-order valence-corrected chi connectivity index (χ4v) is 2.37. The number of halogens is 2. The van der Waals surface area contributed by atoms with Crippen molar-refractivity contribution in [1.29, 1.82) is 0 Å². The normalized spacial score (nSPS) is 22.4. The Morgan fingerprint density at radius 3 is 2.91 bits per heavy atom. The Labute approximate surface area is 127 Å². The number of ether oxygens (including phenoxy) is 1. The van der Waals surface area contributed by atoms with Crippen LogP contribution >= 0.6 is 0 Å². The number of urea groups is 1. The second-order valence-electron chi connectivity index (χ2n) is 5.40. The molecule has 0 aromatic heterocycles. The monoisotopic (exact) mass is 314 g/mol. The molecular formula is C15H20F2N2O3. The van der Waals surface area contributed by atoms with Crippen molar-refractivity contribution in [3.05, 3.63) is 35.4 Å². The van der Waals surface area contributed by atoms with Crippen LogP contribution in [-0.4, -0.2) is 36.4 Å². The largest absolute Gasteiger partial charge is 0.393 e. The van der Waals surface area contributed by atoms with Crippen LogP contribution in [-0.2, 0) is 4.74 Å². The van der Waals surface area contributed by atoms with Crippen LogP contribution in [0, 0.1) is 11.6 Å². The first kappa shape index (κ1) is 16.6. The third kappa shape index (κ3) is 4.38. The van der Waals surface area contributed by atoms with E-state index < -0.39 is 23.8 Å². The molecule has 0 spiro atoms. The Kier molecular flexibility index (Phi) is 5.68. The first-order chi connectivity index (χ1) is 10.5. The molecule has 3 N–H and O–H groups in total. The minimum absolute atomic E-state index is 0.309. The lowest BCUT2D eigenvalue weighted by Crippen LogP contribution is -2.44. The number of benzene rings is 1. The van der Waals surface area contributed by atoms with Gasteiger partial charge in [-0.25, -0.2) is 13.6 Å². The lowest BCUT2D eigenvalue weighted by atomic mass is 10.0. The molecule has 3 atom stereocenters. The molecule has 1 fully saturated rings. The smallest absolute Gasteiger partial charge is 0.315 e. The number of aliphatic hydroxyl groups is 1. The maximum Gasteiger partial charge on any atom is 0.315 e. The van der Waals surface area contributed by atoms with Gasteiger partial charge in [0.25, 0.3) is 0 Å². The molecule has 1 aromatic carbocycles. The van der Waals surface area contributed by atoms with Gasteiger partial charge in [-0.3, -0.25) is 0 Å². The van der Waals surface area contributed by atoms with E-state index in [2.05, 4.69) is 10.6 Å². The minimum Gasteiger partial charge on any atom is -0.393 e. The summed E-state index contributed by atoms with van der Waals surface area (Å²) in [5, 5.41) is 14.5. The van der Waals surface area contributed by atoms with Crippen LogP contribution in [0.5, 0.6) is 0 Å². The van der Waals surface area contributed by atoms with Crippen LogP contribution < -0.4 is 10.6 Å². The van der Waals surface area contributed by atoms with Crippen molar-refractivity contribution in [2.45, 2.75) is 38.0 Å². The lowest BCUT2D eigenvalue weighted by Gasteiger charge is -2.20. The number of aliphatic hydroxyl groups excluding tert-OH is 1. The van der Waals surface area contributed by atoms with Crippen molar-refractivity contribution in [3.63, 3.8) is 0 Å². The standard InChI is InChI=1S/C15H20F2N2O3/c1-9(20)4-6-18-15(21)19-13-5-7-22-14(13)10-2-3-11(16)12(17)8-10/h2-3,8-9,13-14,20H,4-7H2,1H3,(H2,18,19,21)/t9-,13-,14-/m0/s1. The van der Waals surface area contributed by atoms with Crippen LogP contribution in [0.3, 0.4) is 0 Å². The number of amides is 2. The number of rotatable bonds is 5. The Balaban J connectivity index is 1.92. The highest BCUT2D eigenvalue weighted by atomic mass is 19.2. The van der Waals surface area contributed by atoms with Gasteiger partial charge >= 0.3 is 6.03 Å². The fraction of sp³-hybridized carbons (Fsp3) is 0.533. The predicted molar refractivity (Wildman–Crippen MR) is 76.3 cm³/mol. The molecule has 5 nitrogen and oxygen atoms in total. The average Bonchev–Trinajstić information content (AvgIpc) is 2.89. The summed E-state index contributed by atoms with van der Waals surface area (Å²) < 4.78 is 31.8.